The van der Waals surface area contributed by atoms with Crippen LogP contribution < -0.4 is 10.6 Å². The van der Waals surface area contributed by atoms with E-state index in [1.165, 1.54) is 0 Å². The van der Waals surface area contributed by atoms with E-state index in [1.807, 2.05) is 18.2 Å². The lowest BCUT2D eigenvalue weighted by molar-refractivity contribution is 0.494. The first kappa shape index (κ1) is 12.7. The first-order valence-corrected chi connectivity index (χ1v) is 6.62. The monoisotopic (exact) mass is 268 g/mol. The highest BCUT2D eigenvalue weighted by Crippen LogP contribution is 2.32. The van der Waals surface area contributed by atoms with E-state index < -0.39 is 0 Å². The summed E-state index contributed by atoms with van der Waals surface area (Å²) in [6, 6.07) is 5.71. The Morgan fingerprint density at radius 1 is 1.35 bits per heavy atom. The number of nitrogens with zero attached hydrogens (tertiary/aromatic N) is 1. The Bertz CT molecular complexity index is 437. The van der Waals surface area contributed by atoms with Gasteiger partial charge in [0, 0.05) is 29.4 Å². The first-order valence-electron chi connectivity index (χ1n) is 5.83. The van der Waals surface area contributed by atoms with E-state index in [1.54, 1.807) is 0 Å². The molecular weight excluding hydrogens is 252 g/mol. The van der Waals surface area contributed by atoms with Crippen LogP contribution in [0.15, 0.2) is 18.2 Å². The molecule has 4 heteroatoms. The Kier molecular flexibility index (Phi) is 3.59. The van der Waals surface area contributed by atoms with Crippen molar-refractivity contribution in [2.45, 2.75) is 13.8 Å². The lowest BCUT2D eigenvalue weighted by atomic mass is 10.0. The second-order valence-electron chi connectivity index (χ2n) is 4.89. The van der Waals surface area contributed by atoms with Gasteiger partial charge >= 0.3 is 0 Å². The smallest absolute Gasteiger partial charge is 0.106 e. The Morgan fingerprint density at radius 3 is 2.47 bits per heavy atom. The lowest BCUT2D eigenvalue weighted by Crippen LogP contribution is -2.23. The van der Waals surface area contributed by atoms with Gasteiger partial charge in [0.25, 0.3) is 0 Å². The second-order valence-corrected chi connectivity index (χ2v) is 5.76. The number of hydrogen-bond acceptors (Lipinski definition) is 2. The number of hydrogen-bond donors (Lipinski definition) is 1. The van der Waals surface area contributed by atoms with Gasteiger partial charge in [0.15, 0.2) is 0 Å². The van der Waals surface area contributed by atoms with Gasteiger partial charge in [-0.15, -0.1) is 0 Å². The van der Waals surface area contributed by atoms with Gasteiger partial charge in [0.1, 0.15) is 4.99 Å². The molecule has 2 atom stereocenters. The van der Waals surface area contributed by atoms with Crippen molar-refractivity contribution < 1.29 is 0 Å². The molecule has 0 amide bonds. The maximum Gasteiger partial charge on any atom is 0.106 e. The molecule has 1 fully saturated rings. The molecule has 0 spiro atoms. The SMILES string of the molecule is CC1CN(c2cc(Cl)ccc2C(N)=S)CC1C. The van der Waals surface area contributed by atoms with E-state index >= 15 is 0 Å². The van der Waals surface area contributed by atoms with Crippen molar-refractivity contribution in [2.75, 3.05) is 18.0 Å². The van der Waals surface area contributed by atoms with Crippen LogP contribution in [0.25, 0.3) is 0 Å². The van der Waals surface area contributed by atoms with Gasteiger partial charge in [-0.2, -0.15) is 0 Å². The molecule has 0 aliphatic carbocycles. The third-order valence-corrected chi connectivity index (χ3v) is 4.01. The van der Waals surface area contributed by atoms with Crippen LogP contribution in [0.1, 0.15) is 19.4 Å². The highest BCUT2D eigenvalue weighted by atomic mass is 35.5. The summed E-state index contributed by atoms with van der Waals surface area (Å²) in [5, 5.41) is 0.729. The van der Waals surface area contributed by atoms with Crippen LogP contribution in [0, 0.1) is 11.8 Å². The van der Waals surface area contributed by atoms with Crippen LogP contribution in [-0.2, 0) is 0 Å². The zero-order valence-corrected chi connectivity index (χ0v) is 11.7. The molecule has 2 unspecified atom stereocenters. The largest absolute Gasteiger partial charge is 0.389 e. The fourth-order valence-electron chi connectivity index (χ4n) is 2.30. The normalized spacial score (nSPS) is 24.1. The second kappa shape index (κ2) is 4.83. The number of halogens is 1. The first-order chi connectivity index (χ1) is 7.99. The summed E-state index contributed by atoms with van der Waals surface area (Å²) in [7, 11) is 0. The van der Waals surface area contributed by atoms with Gasteiger partial charge in [-0.1, -0.05) is 37.7 Å². The molecule has 0 bridgehead atoms. The zero-order valence-electron chi connectivity index (χ0n) is 10.1. The van der Waals surface area contributed by atoms with Crippen molar-refractivity contribution in [1.82, 2.24) is 0 Å². The summed E-state index contributed by atoms with van der Waals surface area (Å²) in [6.45, 7) is 6.62. The van der Waals surface area contributed by atoms with Gasteiger partial charge in [0.2, 0.25) is 0 Å². The maximum atomic E-state index is 6.06. The number of thiocarbonyl (C=S) groups is 1. The molecular formula is C13H17ClN2S. The summed E-state index contributed by atoms with van der Waals surface area (Å²) in [5.41, 5.74) is 7.76. The van der Waals surface area contributed by atoms with Crippen LogP contribution in [0.4, 0.5) is 5.69 Å². The quantitative estimate of drug-likeness (QED) is 0.836. The number of benzene rings is 1. The predicted octanol–water partition coefficient (Wildman–Crippen LogP) is 3.07. The lowest BCUT2D eigenvalue weighted by Gasteiger charge is -2.22. The van der Waals surface area contributed by atoms with Gasteiger partial charge in [0.05, 0.1) is 0 Å². The van der Waals surface area contributed by atoms with Gasteiger partial charge in [-0.05, 0) is 30.0 Å². The van der Waals surface area contributed by atoms with Crippen molar-refractivity contribution in [3.8, 4) is 0 Å². The minimum absolute atomic E-state index is 0.434. The van der Waals surface area contributed by atoms with Gasteiger partial charge in [-0.25, -0.2) is 0 Å². The number of rotatable bonds is 2. The van der Waals surface area contributed by atoms with Gasteiger partial charge in [-0.3, -0.25) is 0 Å². The van der Waals surface area contributed by atoms with Crippen molar-refractivity contribution in [2.24, 2.45) is 17.6 Å². The van der Waals surface area contributed by atoms with E-state index in [4.69, 9.17) is 29.6 Å². The van der Waals surface area contributed by atoms with Crippen LogP contribution in [0.5, 0.6) is 0 Å². The predicted molar refractivity (Wildman–Crippen MR) is 77.9 cm³/mol. The highest BCUT2D eigenvalue weighted by Gasteiger charge is 2.27. The molecule has 0 saturated carbocycles. The van der Waals surface area contributed by atoms with E-state index in [2.05, 4.69) is 18.7 Å². The van der Waals surface area contributed by atoms with Crippen LogP contribution in [0.3, 0.4) is 0 Å². The van der Waals surface area contributed by atoms with Crippen LogP contribution >= 0.6 is 23.8 Å². The van der Waals surface area contributed by atoms with E-state index in [0.717, 1.165) is 29.4 Å². The van der Waals surface area contributed by atoms with E-state index in [9.17, 15) is 0 Å². The summed E-state index contributed by atoms with van der Waals surface area (Å²) < 4.78 is 0. The molecule has 92 valence electrons. The fourth-order valence-corrected chi connectivity index (χ4v) is 2.64. The van der Waals surface area contributed by atoms with Crippen molar-refractivity contribution >= 4 is 34.5 Å². The molecule has 1 heterocycles. The highest BCUT2D eigenvalue weighted by molar-refractivity contribution is 7.80. The van der Waals surface area contributed by atoms with Crippen molar-refractivity contribution in [1.29, 1.82) is 0 Å². The van der Waals surface area contributed by atoms with E-state index in [-0.39, 0.29) is 0 Å². The maximum absolute atomic E-state index is 6.06. The molecule has 0 radical (unpaired) electrons. The molecule has 2 N–H and O–H groups in total. The Hall–Kier alpha value is -0.800. The van der Waals surface area contributed by atoms with Crippen LogP contribution in [-0.4, -0.2) is 18.1 Å². The number of nitrogens with two attached hydrogens (primary N) is 1. The van der Waals surface area contributed by atoms with Crippen LogP contribution in [0.2, 0.25) is 5.02 Å². The molecule has 0 aromatic heterocycles. The third-order valence-electron chi connectivity index (χ3n) is 3.55. The Labute approximate surface area is 113 Å². The average molecular weight is 269 g/mol. The summed E-state index contributed by atoms with van der Waals surface area (Å²) in [4.78, 5) is 2.76. The average Bonchev–Trinajstić information content (AvgIpc) is 2.58. The third kappa shape index (κ3) is 2.55. The van der Waals surface area contributed by atoms with Crippen molar-refractivity contribution in [3.05, 3.63) is 28.8 Å². The summed E-state index contributed by atoms with van der Waals surface area (Å²) in [6.07, 6.45) is 0. The molecule has 2 rings (SSSR count). The standard InChI is InChI=1S/C13H17ClN2S/c1-8-6-16(7-9(8)2)12-5-10(14)3-4-11(12)13(15)17/h3-5,8-9H,6-7H2,1-2H3,(H2,15,17). The molecule has 1 aromatic carbocycles. The minimum atomic E-state index is 0.434. The Balaban J connectivity index is 2.37. The topological polar surface area (TPSA) is 29.3 Å². The summed E-state index contributed by atoms with van der Waals surface area (Å²) in [5.74, 6) is 1.38. The number of anilines is 1. The summed E-state index contributed by atoms with van der Waals surface area (Å²) >= 11 is 11.2. The molecule has 2 nitrogen and oxygen atoms in total. The zero-order chi connectivity index (χ0) is 12.6. The van der Waals surface area contributed by atoms with E-state index in [0.29, 0.717) is 16.8 Å². The molecule has 17 heavy (non-hydrogen) atoms. The molecule has 1 aliphatic heterocycles. The minimum Gasteiger partial charge on any atom is -0.389 e. The molecule has 1 saturated heterocycles. The molecule has 1 aliphatic rings. The molecule has 1 aromatic rings. The van der Waals surface area contributed by atoms with Gasteiger partial charge < -0.3 is 10.6 Å². The Morgan fingerprint density at radius 2 is 1.94 bits per heavy atom. The fraction of sp³-hybridized carbons (Fsp3) is 0.462. The van der Waals surface area contributed by atoms with Crippen molar-refractivity contribution in [3.63, 3.8) is 0 Å².